The van der Waals surface area contributed by atoms with Crippen LogP contribution >= 0.6 is 0 Å². The molecule has 2 aromatic heterocycles. The van der Waals surface area contributed by atoms with E-state index in [0.717, 1.165) is 37.9 Å². The van der Waals surface area contributed by atoms with E-state index in [0.29, 0.717) is 0 Å². The SMILES string of the molecule is CCc1cc(CC(CCc2ccncc2)NN)n(CC)n1. The zero-order valence-electron chi connectivity index (χ0n) is 12.9. The number of nitrogens with zero attached hydrogens (tertiary/aromatic N) is 3. The predicted molar refractivity (Wildman–Crippen MR) is 84.7 cm³/mol. The Morgan fingerprint density at radius 3 is 2.67 bits per heavy atom. The minimum atomic E-state index is 0.255. The highest BCUT2D eigenvalue weighted by molar-refractivity contribution is 5.13. The first kappa shape index (κ1) is 15.7. The van der Waals surface area contributed by atoms with Crippen molar-refractivity contribution >= 4 is 0 Å². The Kier molecular flexibility index (Phi) is 5.90. The number of pyridine rings is 1. The number of hydrogen-bond acceptors (Lipinski definition) is 4. The van der Waals surface area contributed by atoms with E-state index in [1.807, 2.05) is 12.4 Å². The summed E-state index contributed by atoms with van der Waals surface area (Å²) in [5, 5.41) is 4.59. The molecule has 0 bridgehead atoms. The second-order valence-electron chi connectivity index (χ2n) is 5.26. The van der Waals surface area contributed by atoms with E-state index in [1.54, 1.807) is 0 Å². The second kappa shape index (κ2) is 7.90. The molecule has 5 nitrogen and oxygen atoms in total. The van der Waals surface area contributed by atoms with E-state index in [4.69, 9.17) is 5.84 Å². The number of aryl methyl sites for hydroxylation is 3. The van der Waals surface area contributed by atoms with E-state index in [1.165, 1.54) is 11.3 Å². The van der Waals surface area contributed by atoms with Gasteiger partial charge in [0.25, 0.3) is 0 Å². The van der Waals surface area contributed by atoms with Crippen LogP contribution in [-0.2, 0) is 25.8 Å². The van der Waals surface area contributed by atoms with Gasteiger partial charge in [-0.25, -0.2) is 0 Å². The van der Waals surface area contributed by atoms with Crippen molar-refractivity contribution in [3.8, 4) is 0 Å². The highest BCUT2D eigenvalue weighted by Gasteiger charge is 2.13. The third kappa shape index (κ3) is 4.37. The average Bonchev–Trinajstić information content (AvgIpc) is 2.94. The maximum absolute atomic E-state index is 5.72. The van der Waals surface area contributed by atoms with Crippen molar-refractivity contribution in [1.82, 2.24) is 20.2 Å². The molecule has 3 N–H and O–H groups in total. The van der Waals surface area contributed by atoms with Gasteiger partial charge in [0.1, 0.15) is 0 Å². The van der Waals surface area contributed by atoms with Crippen LogP contribution in [0.3, 0.4) is 0 Å². The Morgan fingerprint density at radius 1 is 1.29 bits per heavy atom. The van der Waals surface area contributed by atoms with Crippen molar-refractivity contribution in [2.45, 2.75) is 52.1 Å². The Labute approximate surface area is 126 Å². The number of hydrogen-bond donors (Lipinski definition) is 2. The normalized spacial score (nSPS) is 12.5. The van der Waals surface area contributed by atoms with Crippen LogP contribution in [0, 0.1) is 0 Å². The van der Waals surface area contributed by atoms with E-state index in [9.17, 15) is 0 Å². The summed E-state index contributed by atoms with van der Waals surface area (Å²) in [7, 11) is 0. The van der Waals surface area contributed by atoms with Gasteiger partial charge in [0.2, 0.25) is 0 Å². The summed E-state index contributed by atoms with van der Waals surface area (Å²) in [6, 6.07) is 6.56. The minimum absolute atomic E-state index is 0.255. The van der Waals surface area contributed by atoms with Gasteiger partial charge in [0.15, 0.2) is 0 Å². The van der Waals surface area contributed by atoms with Gasteiger partial charge >= 0.3 is 0 Å². The largest absolute Gasteiger partial charge is 0.271 e. The molecule has 1 atom stereocenters. The monoisotopic (exact) mass is 287 g/mol. The molecule has 0 aromatic carbocycles. The van der Waals surface area contributed by atoms with E-state index in [2.05, 4.69) is 52.2 Å². The fraction of sp³-hybridized carbons (Fsp3) is 0.500. The molecule has 0 aliphatic heterocycles. The quantitative estimate of drug-likeness (QED) is 0.574. The van der Waals surface area contributed by atoms with Gasteiger partial charge in [0, 0.05) is 37.1 Å². The lowest BCUT2D eigenvalue weighted by atomic mass is 10.0. The lowest BCUT2D eigenvalue weighted by Gasteiger charge is -2.16. The molecule has 0 aliphatic carbocycles. The molecule has 0 fully saturated rings. The van der Waals surface area contributed by atoms with Gasteiger partial charge in [-0.1, -0.05) is 6.92 Å². The maximum atomic E-state index is 5.72. The molecule has 2 rings (SSSR count). The highest BCUT2D eigenvalue weighted by atomic mass is 15.3. The standard InChI is InChI=1S/C16H25N5/c1-3-14-11-16(21(4-2)20-14)12-15(19-17)6-5-13-7-9-18-10-8-13/h7-11,15,19H,3-6,12,17H2,1-2H3. The summed E-state index contributed by atoms with van der Waals surface area (Å²) in [4.78, 5) is 4.04. The van der Waals surface area contributed by atoms with E-state index < -0.39 is 0 Å². The molecule has 114 valence electrons. The average molecular weight is 287 g/mol. The Morgan fingerprint density at radius 2 is 2.05 bits per heavy atom. The number of nitrogens with one attached hydrogen (secondary N) is 1. The molecular formula is C16H25N5. The molecule has 2 aromatic rings. The van der Waals surface area contributed by atoms with Crippen molar-refractivity contribution in [2.75, 3.05) is 0 Å². The Bertz CT molecular complexity index is 535. The van der Waals surface area contributed by atoms with Crippen molar-refractivity contribution < 1.29 is 0 Å². The van der Waals surface area contributed by atoms with Crippen LogP contribution in [-0.4, -0.2) is 20.8 Å². The summed E-state index contributed by atoms with van der Waals surface area (Å²) in [5.41, 5.74) is 6.64. The van der Waals surface area contributed by atoms with Crippen molar-refractivity contribution in [2.24, 2.45) is 5.84 Å². The lowest BCUT2D eigenvalue weighted by Crippen LogP contribution is -2.37. The zero-order chi connectivity index (χ0) is 15.1. The van der Waals surface area contributed by atoms with Gasteiger partial charge in [-0.2, -0.15) is 5.10 Å². The molecule has 0 amide bonds. The van der Waals surface area contributed by atoms with Crippen molar-refractivity contribution in [1.29, 1.82) is 0 Å². The zero-order valence-corrected chi connectivity index (χ0v) is 12.9. The van der Waals surface area contributed by atoms with Gasteiger partial charge in [-0.3, -0.25) is 20.9 Å². The van der Waals surface area contributed by atoms with Gasteiger partial charge < -0.3 is 0 Å². The fourth-order valence-electron chi connectivity index (χ4n) is 2.51. The molecule has 21 heavy (non-hydrogen) atoms. The molecule has 0 saturated carbocycles. The van der Waals surface area contributed by atoms with Crippen LogP contribution in [0.15, 0.2) is 30.6 Å². The maximum Gasteiger partial charge on any atom is 0.0624 e. The number of nitrogens with two attached hydrogens (primary N) is 1. The summed E-state index contributed by atoms with van der Waals surface area (Å²) >= 11 is 0. The molecule has 1 unspecified atom stereocenters. The summed E-state index contributed by atoms with van der Waals surface area (Å²) in [6.07, 6.45) is 7.54. The van der Waals surface area contributed by atoms with Gasteiger partial charge in [-0.15, -0.1) is 0 Å². The highest BCUT2D eigenvalue weighted by Crippen LogP contribution is 2.12. The van der Waals surface area contributed by atoms with Crippen LogP contribution in [0.25, 0.3) is 0 Å². The van der Waals surface area contributed by atoms with Crippen LogP contribution in [0.2, 0.25) is 0 Å². The number of aromatic nitrogens is 3. The predicted octanol–water partition coefficient (Wildman–Crippen LogP) is 1.87. The molecule has 5 heteroatoms. The first-order chi connectivity index (χ1) is 10.3. The van der Waals surface area contributed by atoms with Gasteiger partial charge in [0.05, 0.1) is 5.69 Å². The summed E-state index contributed by atoms with van der Waals surface area (Å²) < 4.78 is 2.08. The molecule has 0 saturated heterocycles. The molecular weight excluding hydrogens is 262 g/mol. The van der Waals surface area contributed by atoms with E-state index in [-0.39, 0.29) is 6.04 Å². The third-order valence-corrected chi connectivity index (χ3v) is 3.80. The number of hydrazine groups is 1. The van der Waals surface area contributed by atoms with Crippen LogP contribution < -0.4 is 11.3 Å². The Balaban J connectivity index is 1.97. The first-order valence-electron chi connectivity index (χ1n) is 7.67. The van der Waals surface area contributed by atoms with Crippen molar-refractivity contribution in [3.05, 3.63) is 47.5 Å². The van der Waals surface area contributed by atoms with Crippen LogP contribution in [0.1, 0.15) is 37.2 Å². The summed E-state index contributed by atoms with van der Waals surface area (Å²) in [6.45, 7) is 5.16. The lowest BCUT2D eigenvalue weighted by molar-refractivity contribution is 0.471. The minimum Gasteiger partial charge on any atom is -0.271 e. The molecule has 0 spiro atoms. The first-order valence-corrected chi connectivity index (χ1v) is 7.67. The topological polar surface area (TPSA) is 68.8 Å². The summed E-state index contributed by atoms with van der Waals surface area (Å²) in [5.74, 6) is 5.72. The van der Waals surface area contributed by atoms with Crippen molar-refractivity contribution in [3.63, 3.8) is 0 Å². The third-order valence-electron chi connectivity index (χ3n) is 3.80. The van der Waals surface area contributed by atoms with Gasteiger partial charge in [-0.05, 0) is 49.9 Å². The molecule has 0 radical (unpaired) electrons. The smallest absolute Gasteiger partial charge is 0.0624 e. The Hall–Kier alpha value is -1.72. The molecule has 0 aliphatic rings. The van der Waals surface area contributed by atoms with Crippen LogP contribution in [0.4, 0.5) is 0 Å². The van der Waals surface area contributed by atoms with E-state index >= 15 is 0 Å². The molecule has 2 heterocycles. The number of rotatable bonds is 8. The second-order valence-corrected chi connectivity index (χ2v) is 5.26. The van der Waals surface area contributed by atoms with Crippen LogP contribution in [0.5, 0.6) is 0 Å². The fourth-order valence-corrected chi connectivity index (χ4v) is 2.51.